The molecule has 19 heavy (non-hydrogen) atoms. The third kappa shape index (κ3) is 2.66. The summed E-state index contributed by atoms with van der Waals surface area (Å²) in [6.45, 7) is 0.793. The van der Waals surface area contributed by atoms with Crippen LogP contribution in [0.2, 0.25) is 0 Å². The van der Waals surface area contributed by atoms with Crippen molar-refractivity contribution < 1.29 is 4.79 Å². The Kier molecular flexibility index (Phi) is 3.55. The first-order valence-electron chi connectivity index (χ1n) is 6.66. The largest absolute Gasteiger partial charge is 0.352 e. The number of hydrogen-bond acceptors (Lipinski definition) is 2. The van der Waals surface area contributed by atoms with Crippen LogP contribution in [-0.2, 0) is 0 Å². The summed E-state index contributed by atoms with van der Waals surface area (Å²) in [6.07, 6.45) is 5.08. The molecule has 1 saturated carbocycles. The average molecular weight is 322 g/mol. The van der Waals surface area contributed by atoms with Crippen molar-refractivity contribution in [2.75, 3.05) is 6.54 Å². The van der Waals surface area contributed by atoms with Crippen molar-refractivity contribution in [3.05, 3.63) is 28.4 Å². The highest BCUT2D eigenvalue weighted by molar-refractivity contribution is 9.10. The van der Waals surface area contributed by atoms with Crippen molar-refractivity contribution in [2.24, 2.45) is 5.92 Å². The molecule has 3 rings (SSSR count). The van der Waals surface area contributed by atoms with Gasteiger partial charge in [-0.2, -0.15) is 5.10 Å². The highest BCUT2D eigenvalue weighted by atomic mass is 79.9. The number of nitrogens with one attached hydrogen (secondary N) is 2. The number of nitrogens with zero attached hydrogens (tertiary/aromatic N) is 1. The summed E-state index contributed by atoms with van der Waals surface area (Å²) in [6, 6.07) is 5.57. The summed E-state index contributed by atoms with van der Waals surface area (Å²) >= 11 is 3.39. The Bertz CT molecular complexity index is 602. The zero-order valence-corrected chi connectivity index (χ0v) is 12.2. The van der Waals surface area contributed by atoms with Crippen LogP contribution in [0.3, 0.4) is 0 Å². The molecule has 1 aliphatic carbocycles. The molecule has 0 atom stereocenters. The molecule has 1 heterocycles. The summed E-state index contributed by atoms with van der Waals surface area (Å²) in [5.74, 6) is 0.653. The minimum atomic E-state index is -0.00655. The van der Waals surface area contributed by atoms with Crippen molar-refractivity contribution in [1.29, 1.82) is 0 Å². The number of aromatic amines is 1. The van der Waals surface area contributed by atoms with E-state index < -0.39 is 0 Å². The highest BCUT2D eigenvalue weighted by Gasteiger charge is 2.16. The van der Waals surface area contributed by atoms with Gasteiger partial charge in [0.25, 0.3) is 5.91 Å². The van der Waals surface area contributed by atoms with Gasteiger partial charge < -0.3 is 5.32 Å². The van der Waals surface area contributed by atoms with E-state index in [1.165, 1.54) is 25.7 Å². The molecule has 0 bridgehead atoms. The number of H-pyrrole nitrogens is 1. The number of amides is 1. The van der Waals surface area contributed by atoms with E-state index >= 15 is 0 Å². The number of halogens is 1. The third-order valence-electron chi connectivity index (χ3n) is 3.80. The quantitative estimate of drug-likeness (QED) is 0.911. The summed E-state index contributed by atoms with van der Waals surface area (Å²) in [5, 5.41) is 11.0. The van der Waals surface area contributed by atoms with E-state index in [1.807, 2.05) is 18.2 Å². The van der Waals surface area contributed by atoms with E-state index in [1.54, 1.807) is 0 Å². The summed E-state index contributed by atoms with van der Waals surface area (Å²) in [7, 11) is 0. The molecule has 0 aliphatic heterocycles. The minimum Gasteiger partial charge on any atom is -0.352 e. The van der Waals surface area contributed by atoms with E-state index in [9.17, 15) is 4.79 Å². The summed E-state index contributed by atoms with van der Waals surface area (Å²) < 4.78 is 0.848. The molecule has 100 valence electrons. The van der Waals surface area contributed by atoms with Crippen LogP contribution in [0.5, 0.6) is 0 Å². The van der Waals surface area contributed by atoms with Gasteiger partial charge in [0.05, 0.1) is 5.52 Å². The number of fused-ring (bicyclic) bond motifs is 1. The van der Waals surface area contributed by atoms with Gasteiger partial charge in [-0.25, -0.2) is 0 Å². The van der Waals surface area contributed by atoms with Gasteiger partial charge >= 0.3 is 0 Å². The molecule has 0 saturated heterocycles. The lowest BCUT2D eigenvalue weighted by Crippen LogP contribution is -2.28. The second kappa shape index (κ2) is 5.33. The van der Waals surface area contributed by atoms with Crippen LogP contribution in [0, 0.1) is 5.92 Å². The molecule has 1 aliphatic rings. The van der Waals surface area contributed by atoms with Crippen LogP contribution < -0.4 is 5.32 Å². The Labute approximate surface area is 120 Å². The van der Waals surface area contributed by atoms with Crippen molar-refractivity contribution in [2.45, 2.75) is 25.7 Å². The zero-order valence-electron chi connectivity index (χ0n) is 10.6. The third-order valence-corrected chi connectivity index (χ3v) is 4.40. The molecular weight excluding hydrogens is 306 g/mol. The normalized spacial score (nSPS) is 16.1. The highest BCUT2D eigenvalue weighted by Crippen LogP contribution is 2.24. The van der Waals surface area contributed by atoms with E-state index in [0.717, 1.165) is 22.1 Å². The Morgan fingerprint density at radius 2 is 2.21 bits per heavy atom. The van der Waals surface area contributed by atoms with Gasteiger partial charge in [0.15, 0.2) is 0 Å². The van der Waals surface area contributed by atoms with Gasteiger partial charge in [0.2, 0.25) is 0 Å². The molecule has 0 radical (unpaired) electrons. The zero-order chi connectivity index (χ0) is 13.2. The van der Waals surface area contributed by atoms with E-state index in [-0.39, 0.29) is 5.91 Å². The predicted molar refractivity (Wildman–Crippen MR) is 78.1 cm³/mol. The van der Waals surface area contributed by atoms with Gasteiger partial charge in [-0.05, 0) is 52.9 Å². The summed E-state index contributed by atoms with van der Waals surface area (Å²) in [4.78, 5) is 12.1. The van der Waals surface area contributed by atoms with Crippen molar-refractivity contribution in [1.82, 2.24) is 15.5 Å². The Morgan fingerprint density at radius 1 is 1.42 bits per heavy atom. The number of hydrogen-bond donors (Lipinski definition) is 2. The number of aromatic nitrogens is 2. The fourth-order valence-corrected chi connectivity index (χ4v) is 3.10. The van der Waals surface area contributed by atoms with Crippen LogP contribution in [0.1, 0.15) is 36.0 Å². The Hall–Kier alpha value is -1.36. The summed E-state index contributed by atoms with van der Waals surface area (Å²) in [5.41, 5.74) is 1.48. The van der Waals surface area contributed by atoms with Gasteiger partial charge in [0.1, 0.15) is 4.60 Å². The topological polar surface area (TPSA) is 57.8 Å². The fraction of sp³-hybridized carbons (Fsp3) is 0.429. The molecule has 1 amide bonds. The Morgan fingerprint density at radius 3 is 3.00 bits per heavy atom. The lowest BCUT2D eigenvalue weighted by molar-refractivity contribution is 0.0947. The van der Waals surface area contributed by atoms with E-state index in [0.29, 0.717) is 11.5 Å². The maximum Gasteiger partial charge on any atom is 0.251 e. The predicted octanol–water partition coefficient (Wildman–Crippen LogP) is 3.25. The number of rotatable bonds is 3. The molecular formula is C14H16BrN3O. The van der Waals surface area contributed by atoms with Gasteiger partial charge in [0, 0.05) is 17.5 Å². The molecule has 2 aromatic rings. The maximum absolute atomic E-state index is 12.1. The molecule has 2 N–H and O–H groups in total. The first kappa shape index (κ1) is 12.7. The smallest absolute Gasteiger partial charge is 0.251 e. The molecule has 0 spiro atoms. The van der Waals surface area contributed by atoms with Crippen molar-refractivity contribution in [3.8, 4) is 0 Å². The SMILES string of the molecule is O=C(NCC1CCCC1)c1ccc2c(Br)[nH]nc2c1. The first-order chi connectivity index (χ1) is 9.24. The molecule has 4 nitrogen and oxygen atoms in total. The molecule has 5 heteroatoms. The molecule has 0 unspecified atom stereocenters. The molecule has 1 fully saturated rings. The van der Waals surface area contributed by atoms with Gasteiger partial charge in [-0.3, -0.25) is 9.89 Å². The average Bonchev–Trinajstić information content (AvgIpc) is 3.06. The number of benzene rings is 1. The van der Waals surface area contributed by atoms with Crippen LogP contribution >= 0.6 is 15.9 Å². The van der Waals surface area contributed by atoms with Crippen LogP contribution in [0.15, 0.2) is 22.8 Å². The van der Waals surface area contributed by atoms with E-state index in [2.05, 4.69) is 31.4 Å². The van der Waals surface area contributed by atoms with Gasteiger partial charge in [-0.15, -0.1) is 0 Å². The Balaban J connectivity index is 1.70. The van der Waals surface area contributed by atoms with Crippen LogP contribution in [0.4, 0.5) is 0 Å². The minimum absolute atomic E-state index is 0.00655. The lowest BCUT2D eigenvalue weighted by atomic mass is 10.1. The lowest BCUT2D eigenvalue weighted by Gasteiger charge is -2.10. The first-order valence-corrected chi connectivity index (χ1v) is 7.45. The van der Waals surface area contributed by atoms with Crippen molar-refractivity contribution >= 4 is 32.7 Å². The van der Waals surface area contributed by atoms with Gasteiger partial charge in [-0.1, -0.05) is 12.8 Å². The van der Waals surface area contributed by atoms with Crippen LogP contribution in [-0.4, -0.2) is 22.6 Å². The molecule has 1 aromatic heterocycles. The van der Waals surface area contributed by atoms with Crippen LogP contribution in [0.25, 0.3) is 10.9 Å². The second-order valence-corrected chi connectivity index (χ2v) is 5.92. The van der Waals surface area contributed by atoms with Crippen molar-refractivity contribution in [3.63, 3.8) is 0 Å². The fourth-order valence-electron chi connectivity index (χ4n) is 2.67. The second-order valence-electron chi connectivity index (χ2n) is 5.13. The maximum atomic E-state index is 12.1. The number of carbonyl (C=O) groups is 1. The monoisotopic (exact) mass is 321 g/mol. The van der Waals surface area contributed by atoms with E-state index in [4.69, 9.17) is 0 Å². The molecule has 1 aromatic carbocycles. The number of carbonyl (C=O) groups excluding carboxylic acids is 1. The standard InChI is InChI=1S/C14H16BrN3O/c15-13-11-6-5-10(7-12(11)17-18-13)14(19)16-8-9-3-1-2-4-9/h5-7,9H,1-4,8H2,(H,16,19)(H,17,18).